The molecule has 0 heterocycles. The Bertz CT molecular complexity index is 1300. The fourth-order valence-corrected chi connectivity index (χ4v) is 4.80. The van der Waals surface area contributed by atoms with E-state index in [1.165, 1.54) is 18.2 Å². The van der Waals surface area contributed by atoms with E-state index in [9.17, 15) is 46.3 Å². The molecule has 2 aromatic rings. The standard InChI is InChI=1S/C31H33F5O6S/c1-3-7-20(2)26(28(43-41)22-10-14-24(37)15-11-22)27(38)21-12-16-25(17-13-21)42-19-5-4-8-23(29(39)40)9-6-18-30(32,33)31(34,35)36/h3,7,10-17,23,37,41H,1,4-6,8-9,18-19H2,2H3,(H,39,40)/b20-7+,28-26+. The monoisotopic (exact) mass is 628 g/mol. The van der Waals surface area contributed by atoms with Crippen LogP contribution >= 0.6 is 12.0 Å². The van der Waals surface area contributed by atoms with Crippen molar-refractivity contribution in [2.45, 2.75) is 57.5 Å². The maximum Gasteiger partial charge on any atom is 0.453 e. The molecule has 0 aromatic heterocycles. The van der Waals surface area contributed by atoms with Crippen LogP contribution in [-0.4, -0.2) is 45.2 Å². The number of alkyl halides is 5. The van der Waals surface area contributed by atoms with E-state index >= 15 is 0 Å². The molecule has 2 rings (SSSR count). The van der Waals surface area contributed by atoms with Crippen molar-refractivity contribution in [1.29, 1.82) is 0 Å². The summed E-state index contributed by atoms with van der Waals surface area (Å²) in [7, 11) is 0. The third kappa shape index (κ3) is 10.5. The number of rotatable bonds is 17. The normalized spacial score (nSPS) is 13.7. The number of carbonyl (C=O) groups excluding carboxylic acids is 1. The van der Waals surface area contributed by atoms with Crippen LogP contribution in [0, 0.1) is 5.92 Å². The fourth-order valence-electron chi connectivity index (χ4n) is 4.21. The van der Waals surface area contributed by atoms with Crippen molar-refractivity contribution >= 4 is 28.7 Å². The maximum absolute atomic E-state index is 13.5. The molecule has 0 fully saturated rings. The summed E-state index contributed by atoms with van der Waals surface area (Å²) in [5, 5.41) is 18.9. The van der Waals surface area contributed by atoms with Gasteiger partial charge in [0, 0.05) is 29.6 Å². The highest BCUT2D eigenvalue weighted by atomic mass is 32.2. The molecule has 0 radical (unpaired) electrons. The topological polar surface area (TPSA) is 104 Å². The van der Waals surface area contributed by atoms with Crippen molar-refractivity contribution in [2.75, 3.05) is 6.61 Å². The number of carbonyl (C=O) groups is 2. The molecule has 1 unspecified atom stereocenters. The zero-order valence-electron chi connectivity index (χ0n) is 23.4. The number of phenols is 1. The fraction of sp³-hybridized carbons (Fsp3) is 0.355. The number of unbranched alkanes of at least 4 members (excludes halogenated alkanes) is 1. The van der Waals surface area contributed by atoms with Crippen LogP contribution in [0.2, 0.25) is 0 Å². The Labute approximate surface area is 250 Å². The smallest absolute Gasteiger partial charge is 0.453 e. The largest absolute Gasteiger partial charge is 0.508 e. The number of hydrogen-bond donors (Lipinski definition) is 3. The van der Waals surface area contributed by atoms with Crippen molar-refractivity contribution in [3.05, 3.63) is 89.5 Å². The van der Waals surface area contributed by atoms with Gasteiger partial charge in [-0.2, -0.15) is 22.0 Å². The molecule has 0 bridgehead atoms. The van der Waals surface area contributed by atoms with Crippen molar-refractivity contribution in [3.63, 3.8) is 0 Å². The zero-order chi connectivity index (χ0) is 32.2. The van der Waals surface area contributed by atoms with Gasteiger partial charge in [-0.1, -0.05) is 30.9 Å². The van der Waals surface area contributed by atoms with Gasteiger partial charge >= 0.3 is 18.1 Å². The summed E-state index contributed by atoms with van der Waals surface area (Å²) in [6.45, 7) is 5.55. The van der Waals surface area contributed by atoms with E-state index in [0.717, 1.165) is 0 Å². The van der Waals surface area contributed by atoms with Gasteiger partial charge in [-0.15, -0.1) is 0 Å². The summed E-state index contributed by atoms with van der Waals surface area (Å²) in [4.78, 5) is 25.2. The molecule has 6 nitrogen and oxygen atoms in total. The molecule has 0 spiro atoms. The lowest BCUT2D eigenvalue weighted by atomic mass is 9.94. The summed E-state index contributed by atoms with van der Waals surface area (Å²) in [5.41, 5.74) is 1.63. The Balaban J connectivity index is 1.99. The van der Waals surface area contributed by atoms with Crippen LogP contribution in [-0.2, 0) is 4.79 Å². The van der Waals surface area contributed by atoms with Gasteiger partial charge in [0.1, 0.15) is 11.5 Å². The van der Waals surface area contributed by atoms with E-state index in [0.29, 0.717) is 47.3 Å². The third-order valence-corrected chi connectivity index (χ3v) is 7.20. The Morgan fingerprint density at radius 3 is 2.07 bits per heavy atom. The average molecular weight is 629 g/mol. The number of ketones is 1. The Morgan fingerprint density at radius 1 is 0.953 bits per heavy atom. The molecule has 234 valence electrons. The number of aliphatic carboxylic acids is 1. The highest BCUT2D eigenvalue weighted by molar-refractivity contribution is 8.03. The van der Waals surface area contributed by atoms with Crippen LogP contribution in [0.3, 0.4) is 0 Å². The minimum Gasteiger partial charge on any atom is -0.508 e. The van der Waals surface area contributed by atoms with E-state index in [4.69, 9.17) is 4.74 Å². The molecule has 0 saturated carbocycles. The van der Waals surface area contributed by atoms with E-state index < -0.39 is 36.8 Å². The van der Waals surface area contributed by atoms with E-state index in [1.807, 2.05) is 0 Å². The highest BCUT2D eigenvalue weighted by Crippen LogP contribution is 2.39. The second kappa shape index (κ2) is 16.3. The van der Waals surface area contributed by atoms with Crippen LogP contribution < -0.4 is 4.74 Å². The van der Waals surface area contributed by atoms with Crippen molar-refractivity contribution in [3.8, 4) is 11.5 Å². The van der Waals surface area contributed by atoms with Crippen molar-refractivity contribution in [1.82, 2.24) is 0 Å². The molecular weight excluding hydrogens is 595 g/mol. The lowest BCUT2D eigenvalue weighted by molar-refractivity contribution is -0.284. The second-order valence-electron chi connectivity index (χ2n) is 9.76. The number of hydrogen-bond acceptors (Lipinski definition) is 6. The first-order chi connectivity index (χ1) is 20.2. The van der Waals surface area contributed by atoms with Crippen LogP contribution in [0.4, 0.5) is 22.0 Å². The average Bonchev–Trinajstić information content (AvgIpc) is 2.94. The van der Waals surface area contributed by atoms with Gasteiger partial charge < -0.3 is 19.5 Å². The van der Waals surface area contributed by atoms with Gasteiger partial charge in [-0.25, -0.2) is 0 Å². The zero-order valence-corrected chi connectivity index (χ0v) is 24.2. The molecule has 0 saturated heterocycles. The number of allylic oxidation sites excluding steroid dienone is 4. The Kier molecular flexibility index (Phi) is 13.5. The number of phenolic OH excluding ortho intramolecular Hbond substituents is 1. The molecule has 43 heavy (non-hydrogen) atoms. The minimum atomic E-state index is -5.66. The molecule has 0 amide bonds. The predicted molar refractivity (Wildman–Crippen MR) is 155 cm³/mol. The number of carboxylic acid groups (broad SMARTS) is 1. The first-order valence-corrected chi connectivity index (χ1v) is 14.1. The van der Waals surface area contributed by atoms with E-state index in [1.54, 1.807) is 49.4 Å². The SMILES string of the molecule is C=C/C=C(C)/C(C(=O)c1ccc(OCCCCC(CCCC(F)(F)C(F)(F)F)C(=O)O)cc1)=C(\SO)c1ccc(O)cc1. The lowest BCUT2D eigenvalue weighted by Gasteiger charge is -2.20. The molecule has 0 aliphatic rings. The molecule has 12 heteroatoms. The summed E-state index contributed by atoms with van der Waals surface area (Å²) in [5.74, 6) is -7.06. The summed E-state index contributed by atoms with van der Waals surface area (Å²) < 4.78 is 78.8. The van der Waals surface area contributed by atoms with Crippen LogP contribution in [0.1, 0.15) is 61.4 Å². The van der Waals surface area contributed by atoms with Crippen LogP contribution in [0.15, 0.2) is 78.4 Å². The third-order valence-electron chi connectivity index (χ3n) is 6.58. The quantitative estimate of drug-likeness (QED) is 0.0401. The predicted octanol–water partition coefficient (Wildman–Crippen LogP) is 8.94. The highest BCUT2D eigenvalue weighted by Gasteiger charge is 2.56. The van der Waals surface area contributed by atoms with Crippen molar-refractivity contribution < 1.29 is 51.0 Å². The molecule has 0 aliphatic carbocycles. The molecule has 0 aliphatic heterocycles. The summed E-state index contributed by atoms with van der Waals surface area (Å²) in [6.07, 6.45) is -3.98. The first kappa shape index (κ1) is 35.6. The minimum absolute atomic E-state index is 0.0294. The maximum atomic E-state index is 13.5. The van der Waals surface area contributed by atoms with Gasteiger partial charge in [0.05, 0.1) is 17.4 Å². The number of Topliss-reactive ketones (excluding diaryl/α,β-unsaturated/α-hetero) is 1. The second-order valence-corrected chi connectivity index (χ2v) is 10.3. The summed E-state index contributed by atoms with van der Waals surface area (Å²) >= 11 is 0.405. The van der Waals surface area contributed by atoms with Gasteiger partial charge in [0.15, 0.2) is 5.78 Å². The number of halogens is 5. The van der Waals surface area contributed by atoms with Gasteiger partial charge in [0.25, 0.3) is 0 Å². The Morgan fingerprint density at radius 2 is 1.53 bits per heavy atom. The number of ether oxygens (including phenoxy) is 1. The van der Waals surface area contributed by atoms with Crippen LogP contribution in [0.5, 0.6) is 11.5 Å². The number of benzene rings is 2. The number of aromatic hydroxyl groups is 1. The molecule has 3 N–H and O–H groups in total. The molecular formula is C31H33F5O6S. The lowest BCUT2D eigenvalue weighted by Crippen LogP contribution is -2.36. The van der Waals surface area contributed by atoms with Crippen LogP contribution in [0.25, 0.3) is 4.91 Å². The first-order valence-electron chi connectivity index (χ1n) is 13.3. The Hall–Kier alpha value is -3.64. The van der Waals surface area contributed by atoms with Gasteiger partial charge in [-0.3, -0.25) is 9.59 Å². The van der Waals surface area contributed by atoms with Crippen molar-refractivity contribution in [2.24, 2.45) is 5.92 Å². The van der Waals surface area contributed by atoms with E-state index in [-0.39, 0.29) is 41.5 Å². The van der Waals surface area contributed by atoms with Gasteiger partial charge in [0.2, 0.25) is 0 Å². The van der Waals surface area contributed by atoms with E-state index in [2.05, 4.69) is 6.58 Å². The molecule has 1 atom stereocenters. The molecule has 2 aromatic carbocycles. The summed E-state index contributed by atoms with van der Waals surface area (Å²) in [6, 6.07) is 12.3. The number of carboxylic acids is 1. The van der Waals surface area contributed by atoms with Gasteiger partial charge in [-0.05, 0) is 86.6 Å².